The van der Waals surface area contributed by atoms with Gasteiger partial charge in [-0.2, -0.15) is 0 Å². The number of carbonyl (C=O) groups excluding carboxylic acids is 2. The van der Waals surface area contributed by atoms with Gasteiger partial charge in [-0.05, 0) is 43.7 Å². The summed E-state index contributed by atoms with van der Waals surface area (Å²) >= 11 is 0. The van der Waals surface area contributed by atoms with Gasteiger partial charge in [-0.1, -0.05) is 36.9 Å². The van der Waals surface area contributed by atoms with Gasteiger partial charge in [0.05, 0.1) is 11.5 Å². The molecule has 2 amide bonds. The number of ether oxygens (including phenoxy) is 1. The number of hydrogen-bond donors (Lipinski definition) is 1. The molecule has 2 saturated heterocycles. The van der Waals surface area contributed by atoms with E-state index in [0.29, 0.717) is 32.5 Å². The van der Waals surface area contributed by atoms with E-state index in [2.05, 4.69) is 11.9 Å². The lowest BCUT2D eigenvalue weighted by Crippen LogP contribution is -2.52. The molecule has 0 radical (unpaired) electrons. The summed E-state index contributed by atoms with van der Waals surface area (Å²) < 4.78 is 5.64. The fourth-order valence-corrected chi connectivity index (χ4v) is 4.03. The Bertz CT molecular complexity index is 630. The Labute approximate surface area is 155 Å². The summed E-state index contributed by atoms with van der Waals surface area (Å²) in [6.45, 7) is 6.16. The summed E-state index contributed by atoms with van der Waals surface area (Å²) in [6.07, 6.45) is 5.92. The molecule has 2 aliphatic rings. The van der Waals surface area contributed by atoms with Crippen molar-refractivity contribution in [3.05, 3.63) is 48.6 Å². The molecule has 0 bridgehead atoms. The van der Waals surface area contributed by atoms with Crippen molar-refractivity contribution in [2.75, 3.05) is 26.2 Å². The Morgan fingerprint density at radius 2 is 2.00 bits per heavy atom. The summed E-state index contributed by atoms with van der Waals surface area (Å²) in [7, 11) is 0. The molecule has 0 aliphatic carbocycles. The van der Waals surface area contributed by atoms with E-state index in [-0.39, 0.29) is 17.9 Å². The first kappa shape index (κ1) is 18.6. The van der Waals surface area contributed by atoms with E-state index in [1.54, 1.807) is 4.90 Å². The Morgan fingerprint density at radius 1 is 1.27 bits per heavy atom. The van der Waals surface area contributed by atoms with Crippen molar-refractivity contribution >= 4 is 11.8 Å². The van der Waals surface area contributed by atoms with Gasteiger partial charge < -0.3 is 15.0 Å². The third-order valence-electron chi connectivity index (χ3n) is 5.64. The largest absolute Gasteiger partial charge is 0.378 e. The quantitative estimate of drug-likeness (QED) is 0.797. The van der Waals surface area contributed by atoms with Gasteiger partial charge in [-0.3, -0.25) is 9.59 Å². The van der Waals surface area contributed by atoms with Crippen LogP contribution < -0.4 is 5.32 Å². The molecule has 1 atom stereocenters. The maximum atomic E-state index is 13.2. The van der Waals surface area contributed by atoms with Crippen LogP contribution in [0.4, 0.5) is 0 Å². The van der Waals surface area contributed by atoms with Gasteiger partial charge in [0, 0.05) is 26.2 Å². The maximum absolute atomic E-state index is 13.2. The zero-order valence-electron chi connectivity index (χ0n) is 15.3. The number of benzene rings is 1. The molecular formula is C21H28N2O3. The second-order valence-electron chi connectivity index (χ2n) is 7.16. The van der Waals surface area contributed by atoms with Gasteiger partial charge in [0.1, 0.15) is 0 Å². The number of hydrogen-bond acceptors (Lipinski definition) is 3. The third-order valence-corrected chi connectivity index (χ3v) is 5.64. The van der Waals surface area contributed by atoms with E-state index in [1.165, 1.54) is 6.08 Å². The van der Waals surface area contributed by atoms with Crippen molar-refractivity contribution in [1.29, 1.82) is 0 Å². The van der Waals surface area contributed by atoms with E-state index >= 15 is 0 Å². The number of rotatable bonds is 6. The van der Waals surface area contributed by atoms with Crippen molar-refractivity contribution in [2.24, 2.45) is 0 Å². The van der Waals surface area contributed by atoms with Crippen LogP contribution in [0.2, 0.25) is 0 Å². The molecule has 1 N–H and O–H groups in total. The molecule has 1 aromatic carbocycles. The Morgan fingerprint density at radius 3 is 2.62 bits per heavy atom. The molecule has 2 fully saturated rings. The molecule has 2 aliphatic heterocycles. The van der Waals surface area contributed by atoms with Crippen LogP contribution in [0.5, 0.6) is 0 Å². The van der Waals surface area contributed by atoms with Crippen LogP contribution in [-0.2, 0) is 19.7 Å². The van der Waals surface area contributed by atoms with Crippen LogP contribution in [0.25, 0.3) is 0 Å². The molecule has 2 heterocycles. The lowest BCUT2D eigenvalue weighted by Gasteiger charge is -2.40. The van der Waals surface area contributed by atoms with E-state index in [1.807, 2.05) is 30.3 Å². The molecule has 5 heteroatoms. The van der Waals surface area contributed by atoms with Gasteiger partial charge in [0.15, 0.2) is 0 Å². The Balaban J connectivity index is 1.68. The first-order chi connectivity index (χ1) is 12.7. The highest BCUT2D eigenvalue weighted by molar-refractivity contribution is 5.90. The van der Waals surface area contributed by atoms with Crippen molar-refractivity contribution in [3.8, 4) is 0 Å². The molecule has 3 rings (SSSR count). The van der Waals surface area contributed by atoms with Crippen LogP contribution >= 0.6 is 0 Å². The van der Waals surface area contributed by atoms with E-state index < -0.39 is 5.41 Å². The molecular weight excluding hydrogens is 328 g/mol. The topological polar surface area (TPSA) is 58.6 Å². The van der Waals surface area contributed by atoms with Crippen LogP contribution in [0.15, 0.2) is 43.0 Å². The summed E-state index contributed by atoms with van der Waals surface area (Å²) in [6, 6.07) is 9.94. The van der Waals surface area contributed by atoms with Gasteiger partial charge >= 0.3 is 0 Å². The van der Waals surface area contributed by atoms with Crippen molar-refractivity contribution < 1.29 is 14.3 Å². The number of amides is 2. The molecule has 1 aromatic rings. The number of piperidine rings is 1. The summed E-state index contributed by atoms with van der Waals surface area (Å²) in [5.74, 6) is -0.00199. The van der Waals surface area contributed by atoms with Crippen LogP contribution in [0, 0.1) is 0 Å². The minimum atomic E-state index is -0.574. The fourth-order valence-electron chi connectivity index (χ4n) is 4.03. The molecule has 140 valence electrons. The molecule has 0 aromatic heterocycles. The zero-order chi connectivity index (χ0) is 18.4. The molecule has 0 spiro atoms. The Hall–Kier alpha value is -2.14. The SMILES string of the molecule is C=CC(=O)N1CCC(C(=O)NCCC2CCCO2)(c2ccccc2)CC1. The predicted molar refractivity (Wildman–Crippen MR) is 101 cm³/mol. The van der Waals surface area contributed by atoms with Crippen molar-refractivity contribution in [1.82, 2.24) is 10.2 Å². The molecule has 0 saturated carbocycles. The van der Waals surface area contributed by atoms with E-state index in [9.17, 15) is 9.59 Å². The van der Waals surface area contributed by atoms with E-state index in [4.69, 9.17) is 4.74 Å². The average Bonchev–Trinajstić information content (AvgIpc) is 3.21. The second kappa shape index (κ2) is 8.49. The number of carbonyl (C=O) groups is 2. The lowest BCUT2D eigenvalue weighted by molar-refractivity contribution is -0.133. The highest BCUT2D eigenvalue weighted by atomic mass is 16.5. The second-order valence-corrected chi connectivity index (χ2v) is 7.16. The van der Waals surface area contributed by atoms with Gasteiger partial charge in [0.25, 0.3) is 0 Å². The standard InChI is InChI=1S/C21H28N2O3/c1-2-19(24)23-14-11-21(12-15-23,17-7-4-3-5-8-17)20(25)22-13-10-18-9-6-16-26-18/h2-5,7-8,18H,1,6,9-16H2,(H,22,25). The van der Waals surface area contributed by atoms with Crippen LogP contribution in [-0.4, -0.2) is 49.1 Å². The zero-order valence-corrected chi connectivity index (χ0v) is 15.3. The van der Waals surface area contributed by atoms with E-state index in [0.717, 1.165) is 31.4 Å². The number of likely N-dealkylation sites (tertiary alicyclic amines) is 1. The summed E-state index contributed by atoms with van der Waals surface area (Å²) in [5, 5.41) is 3.13. The highest BCUT2D eigenvalue weighted by Gasteiger charge is 2.43. The van der Waals surface area contributed by atoms with Crippen molar-refractivity contribution in [3.63, 3.8) is 0 Å². The summed E-state index contributed by atoms with van der Waals surface area (Å²) in [4.78, 5) is 26.8. The van der Waals surface area contributed by atoms with Crippen molar-refractivity contribution in [2.45, 2.75) is 43.6 Å². The van der Waals surface area contributed by atoms with Crippen LogP contribution in [0.1, 0.15) is 37.7 Å². The lowest BCUT2D eigenvalue weighted by atomic mass is 9.72. The molecule has 26 heavy (non-hydrogen) atoms. The van der Waals surface area contributed by atoms with Gasteiger partial charge in [-0.15, -0.1) is 0 Å². The highest BCUT2D eigenvalue weighted by Crippen LogP contribution is 2.36. The molecule has 5 nitrogen and oxygen atoms in total. The van der Waals surface area contributed by atoms with Crippen LogP contribution in [0.3, 0.4) is 0 Å². The van der Waals surface area contributed by atoms with Gasteiger partial charge in [0.2, 0.25) is 11.8 Å². The third kappa shape index (κ3) is 3.98. The Kier molecular flexibility index (Phi) is 6.09. The number of nitrogens with one attached hydrogen (secondary N) is 1. The average molecular weight is 356 g/mol. The normalized spacial score (nSPS) is 22.0. The summed E-state index contributed by atoms with van der Waals surface area (Å²) in [5.41, 5.74) is 0.454. The maximum Gasteiger partial charge on any atom is 0.245 e. The first-order valence-electron chi connectivity index (χ1n) is 9.52. The first-order valence-corrected chi connectivity index (χ1v) is 9.52. The smallest absolute Gasteiger partial charge is 0.245 e. The minimum Gasteiger partial charge on any atom is -0.378 e. The fraction of sp³-hybridized carbons (Fsp3) is 0.524. The minimum absolute atomic E-state index is 0.0624. The van der Waals surface area contributed by atoms with Gasteiger partial charge in [-0.25, -0.2) is 0 Å². The monoisotopic (exact) mass is 356 g/mol. The predicted octanol–water partition coefficient (Wildman–Crippen LogP) is 2.42. The molecule has 1 unspecified atom stereocenters. The number of nitrogens with zero attached hydrogens (tertiary/aromatic N) is 1.